The van der Waals surface area contributed by atoms with E-state index >= 15 is 0 Å². The lowest BCUT2D eigenvalue weighted by Gasteiger charge is -2.21. The lowest BCUT2D eigenvalue weighted by Crippen LogP contribution is -2.24. The van der Waals surface area contributed by atoms with Gasteiger partial charge in [-0.05, 0) is 18.4 Å². The Morgan fingerprint density at radius 3 is 2.81 bits per heavy atom. The molecule has 1 amide bonds. The van der Waals surface area contributed by atoms with E-state index in [0.717, 1.165) is 18.0 Å². The van der Waals surface area contributed by atoms with Gasteiger partial charge in [-0.15, -0.1) is 0 Å². The molecule has 21 heavy (non-hydrogen) atoms. The van der Waals surface area contributed by atoms with Crippen molar-refractivity contribution in [3.05, 3.63) is 18.0 Å². The minimum absolute atomic E-state index is 0.130. The number of hydrogen-bond acceptors (Lipinski definition) is 4. The average molecular weight is 290 g/mol. The molecule has 1 aromatic rings. The summed E-state index contributed by atoms with van der Waals surface area (Å²) in [6, 6.07) is 1.84. The summed E-state index contributed by atoms with van der Waals surface area (Å²) in [6.45, 7) is 0.479. The highest BCUT2D eigenvalue weighted by molar-refractivity contribution is 5.75. The fourth-order valence-electron chi connectivity index (χ4n) is 2.79. The van der Waals surface area contributed by atoms with Gasteiger partial charge in [0.15, 0.2) is 0 Å². The number of hydrogen-bond donors (Lipinski definition) is 1. The van der Waals surface area contributed by atoms with Crippen LogP contribution in [0.2, 0.25) is 0 Å². The van der Waals surface area contributed by atoms with E-state index < -0.39 is 0 Å². The first-order valence-corrected chi connectivity index (χ1v) is 7.91. The Morgan fingerprint density at radius 1 is 1.33 bits per heavy atom. The molecule has 2 rings (SSSR count). The van der Waals surface area contributed by atoms with Crippen LogP contribution in [0.15, 0.2) is 12.3 Å². The molecule has 1 saturated carbocycles. The number of rotatable bonds is 6. The van der Waals surface area contributed by atoms with Crippen molar-refractivity contribution >= 4 is 11.9 Å². The molecule has 0 radical (unpaired) electrons. The topological polar surface area (TPSA) is 58.1 Å². The van der Waals surface area contributed by atoms with Gasteiger partial charge in [0.05, 0.1) is 12.2 Å². The zero-order valence-corrected chi connectivity index (χ0v) is 13.1. The van der Waals surface area contributed by atoms with Gasteiger partial charge in [0.25, 0.3) is 0 Å². The van der Waals surface area contributed by atoms with Crippen molar-refractivity contribution in [2.45, 2.75) is 51.5 Å². The lowest BCUT2D eigenvalue weighted by atomic mass is 9.86. The summed E-state index contributed by atoms with van der Waals surface area (Å²) in [5, 5.41) is 2.96. The van der Waals surface area contributed by atoms with Gasteiger partial charge in [-0.3, -0.25) is 4.79 Å². The zero-order valence-electron chi connectivity index (χ0n) is 13.1. The van der Waals surface area contributed by atoms with Gasteiger partial charge in [-0.25, -0.2) is 9.97 Å². The molecular formula is C16H26N4O. The van der Waals surface area contributed by atoms with Gasteiger partial charge in [-0.1, -0.05) is 32.1 Å². The van der Waals surface area contributed by atoms with Crippen LogP contribution < -0.4 is 10.2 Å². The number of amides is 1. The van der Waals surface area contributed by atoms with Crippen molar-refractivity contribution in [2.24, 2.45) is 5.92 Å². The molecule has 5 nitrogen and oxygen atoms in total. The Bertz CT molecular complexity index is 455. The van der Waals surface area contributed by atoms with Gasteiger partial charge in [0.2, 0.25) is 11.9 Å². The van der Waals surface area contributed by atoms with Gasteiger partial charge >= 0.3 is 0 Å². The van der Waals surface area contributed by atoms with E-state index in [2.05, 4.69) is 15.3 Å². The number of carbonyl (C=O) groups is 1. The summed E-state index contributed by atoms with van der Waals surface area (Å²) in [5.74, 6) is 1.55. The maximum Gasteiger partial charge on any atom is 0.225 e. The summed E-state index contributed by atoms with van der Waals surface area (Å²) >= 11 is 0. The predicted octanol–water partition coefficient (Wildman–Crippen LogP) is 2.52. The van der Waals surface area contributed by atoms with Gasteiger partial charge in [-0.2, -0.15) is 0 Å². The van der Waals surface area contributed by atoms with E-state index in [1.165, 1.54) is 32.1 Å². The summed E-state index contributed by atoms with van der Waals surface area (Å²) in [6.07, 6.45) is 10.0. The highest BCUT2D eigenvalue weighted by Gasteiger charge is 2.14. The van der Waals surface area contributed by atoms with E-state index in [-0.39, 0.29) is 5.91 Å². The van der Waals surface area contributed by atoms with E-state index in [9.17, 15) is 4.79 Å². The van der Waals surface area contributed by atoms with Crippen molar-refractivity contribution in [3.63, 3.8) is 0 Å². The molecule has 5 heteroatoms. The third kappa shape index (κ3) is 5.33. The molecular weight excluding hydrogens is 264 g/mol. The molecule has 116 valence electrons. The van der Waals surface area contributed by atoms with Crippen molar-refractivity contribution in [1.29, 1.82) is 0 Å². The summed E-state index contributed by atoms with van der Waals surface area (Å²) in [7, 11) is 3.81. The number of nitrogens with one attached hydrogen (secondary N) is 1. The highest BCUT2D eigenvalue weighted by atomic mass is 16.1. The molecule has 0 bridgehead atoms. The third-order valence-electron chi connectivity index (χ3n) is 4.07. The second kappa shape index (κ2) is 7.96. The fraction of sp³-hybridized carbons (Fsp3) is 0.688. The summed E-state index contributed by atoms with van der Waals surface area (Å²) in [5.41, 5.74) is 0.847. The molecule has 0 aromatic carbocycles. The van der Waals surface area contributed by atoms with Crippen LogP contribution in [-0.2, 0) is 11.3 Å². The standard InChI is InChI=1S/C16H26N4O/c1-20(2)16-17-11-10-14(19-16)12-18-15(21)9-8-13-6-4-3-5-7-13/h10-11,13H,3-9,12H2,1-2H3,(H,18,21). The smallest absolute Gasteiger partial charge is 0.225 e. The van der Waals surface area contributed by atoms with Crippen LogP contribution >= 0.6 is 0 Å². The average Bonchev–Trinajstić information content (AvgIpc) is 2.52. The molecule has 0 unspecified atom stereocenters. The van der Waals surface area contributed by atoms with Crippen LogP contribution in [0.3, 0.4) is 0 Å². The Kier molecular flexibility index (Phi) is 5.96. The number of nitrogens with zero attached hydrogens (tertiary/aromatic N) is 3. The molecule has 0 spiro atoms. The molecule has 0 aliphatic heterocycles. The number of carbonyl (C=O) groups excluding carboxylic acids is 1. The van der Waals surface area contributed by atoms with Gasteiger partial charge < -0.3 is 10.2 Å². The fourth-order valence-corrected chi connectivity index (χ4v) is 2.79. The van der Waals surface area contributed by atoms with Crippen LogP contribution in [0.5, 0.6) is 0 Å². The molecule has 0 saturated heterocycles. The SMILES string of the molecule is CN(C)c1nccc(CNC(=O)CCC2CCCCC2)n1. The normalized spacial score (nSPS) is 15.7. The van der Waals surface area contributed by atoms with Crippen molar-refractivity contribution in [2.75, 3.05) is 19.0 Å². The third-order valence-corrected chi connectivity index (χ3v) is 4.07. The second-order valence-corrected chi connectivity index (χ2v) is 6.06. The first-order valence-electron chi connectivity index (χ1n) is 7.91. The Labute approximate surface area is 127 Å². The van der Waals surface area contributed by atoms with Gasteiger partial charge in [0.1, 0.15) is 0 Å². The molecule has 1 N–H and O–H groups in total. The van der Waals surface area contributed by atoms with Gasteiger partial charge in [0, 0.05) is 26.7 Å². The Morgan fingerprint density at radius 2 is 2.10 bits per heavy atom. The van der Waals surface area contributed by atoms with E-state index in [1.54, 1.807) is 6.20 Å². The van der Waals surface area contributed by atoms with Crippen molar-refractivity contribution in [1.82, 2.24) is 15.3 Å². The van der Waals surface area contributed by atoms with Crippen LogP contribution in [-0.4, -0.2) is 30.0 Å². The van der Waals surface area contributed by atoms with E-state index in [4.69, 9.17) is 0 Å². The molecule has 0 atom stereocenters. The number of aromatic nitrogens is 2. The molecule has 1 heterocycles. The molecule has 1 aliphatic carbocycles. The molecule has 1 aromatic heterocycles. The van der Waals surface area contributed by atoms with Crippen LogP contribution in [0.25, 0.3) is 0 Å². The predicted molar refractivity (Wildman–Crippen MR) is 84.0 cm³/mol. The summed E-state index contributed by atoms with van der Waals surface area (Å²) in [4.78, 5) is 22.3. The minimum Gasteiger partial charge on any atom is -0.350 e. The maximum absolute atomic E-state index is 11.9. The van der Waals surface area contributed by atoms with Crippen LogP contribution in [0, 0.1) is 5.92 Å². The van der Waals surface area contributed by atoms with Crippen molar-refractivity contribution in [3.8, 4) is 0 Å². The number of anilines is 1. The maximum atomic E-state index is 11.9. The van der Waals surface area contributed by atoms with Crippen LogP contribution in [0.1, 0.15) is 50.6 Å². The largest absolute Gasteiger partial charge is 0.350 e. The lowest BCUT2D eigenvalue weighted by molar-refractivity contribution is -0.121. The summed E-state index contributed by atoms with van der Waals surface area (Å²) < 4.78 is 0. The molecule has 1 aliphatic rings. The van der Waals surface area contributed by atoms with E-state index in [0.29, 0.717) is 18.9 Å². The molecule has 1 fully saturated rings. The Hall–Kier alpha value is -1.65. The first kappa shape index (κ1) is 15.7. The zero-order chi connectivity index (χ0) is 15.1. The van der Waals surface area contributed by atoms with Crippen molar-refractivity contribution < 1.29 is 4.79 Å². The highest BCUT2D eigenvalue weighted by Crippen LogP contribution is 2.27. The first-order chi connectivity index (χ1) is 10.1. The second-order valence-electron chi connectivity index (χ2n) is 6.06. The van der Waals surface area contributed by atoms with E-state index in [1.807, 2.05) is 25.1 Å². The minimum atomic E-state index is 0.130. The Balaban J connectivity index is 1.72. The monoisotopic (exact) mass is 290 g/mol. The quantitative estimate of drug-likeness (QED) is 0.874. The van der Waals surface area contributed by atoms with Crippen LogP contribution in [0.4, 0.5) is 5.95 Å².